The van der Waals surface area contributed by atoms with E-state index in [4.69, 9.17) is 16.4 Å². The monoisotopic (exact) mass is 348 g/mol. The van der Waals surface area contributed by atoms with Crippen molar-refractivity contribution >= 4 is 46.0 Å². The summed E-state index contributed by atoms with van der Waals surface area (Å²) in [6, 6.07) is 12.7. The molecule has 0 spiro atoms. The highest BCUT2D eigenvalue weighted by Crippen LogP contribution is 2.18. The number of hydrogen-bond acceptors (Lipinski definition) is 5. The van der Waals surface area contributed by atoms with E-state index in [1.165, 1.54) is 4.85 Å². The summed E-state index contributed by atoms with van der Waals surface area (Å²) in [4.78, 5) is 19.6. The third kappa shape index (κ3) is 3.75. The molecule has 0 bridgehead atoms. The summed E-state index contributed by atoms with van der Waals surface area (Å²) >= 11 is 7.58. The van der Waals surface area contributed by atoms with Gasteiger partial charge in [-0.25, -0.2) is 0 Å². The van der Waals surface area contributed by atoms with Gasteiger partial charge in [0.1, 0.15) is 11.0 Å². The number of benzene rings is 2. The molecule has 0 aliphatic rings. The normalized spacial score (nSPS) is 10.7. The van der Waals surface area contributed by atoms with Gasteiger partial charge in [-0.15, -0.1) is 16.9 Å². The number of hydrogen-bond donors (Lipinski definition) is 1. The van der Waals surface area contributed by atoms with E-state index < -0.39 is 0 Å². The van der Waals surface area contributed by atoms with E-state index in [-0.39, 0.29) is 12.5 Å². The van der Waals surface area contributed by atoms with Gasteiger partial charge in [-0.3, -0.25) is 4.79 Å². The highest BCUT2D eigenvalue weighted by Gasteiger charge is 2.09. The Labute approximate surface area is 141 Å². The third-order valence-electron chi connectivity index (χ3n) is 3.07. The lowest BCUT2D eigenvalue weighted by Crippen LogP contribution is -2.26. The predicted molar refractivity (Wildman–Crippen MR) is 90.8 cm³/mol. The Morgan fingerprint density at radius 3 is 2.83 bits per heavy atom. The van der Waals surface area contributed by atoms with Crippen molar-refractivity contribution in [2.24, 2.45) is 0 Å². The Morgan fingerprint density at radius 1 is 1.30 bits per heavy atom. The van der Waals surface area contributed by atoms with E-state index in [1.54, 1.807) is 30.0 Å². The fraction of sp³-hybridized carbons (Fsp3) is 0.133. The lowest BCUT2D eigenvalue weighted by molar-refractivity contribution is -0.121. The maximum absolute atomic E-state index is 11.9. The van der Waals surface area contributed by atoms with Gasteiger partial charge in [0.15, 0.2) is 6.61 Å². The maximum atomic E-state index is 11.9. The molecule has 8 heteroatoms. The number of rotatable bonds is 5. The van der Waals surface area contributed by atoms with Gasteiger partial charge in [-0.2, -0.15) is 0 Å². The van der Waals surface area contributed by atoms with E-state index in [9.17, 15) is 4.79 Å². The van der Waals surface area contributed by atoms with Gasteiger partial charge in [-0.1, -0.05) is 16.4 Å². The van der Waals surface area contributed by atoms with Crippen LogP contribution < -0.4 is 10.2 Å². The largest absolute Gasteiger partial charge is 0.385 e. The maximum Gasteiger partial charge on any atom is 0.265 e. The molecule has 118 valence electrons. The number of nitrogens with zero attached hydrogens (tertiary/aromatic N) is 3. The molecule has 1 heterocycles. The molecule has 1 N–H and O–H groups in total. The molecule has 1 aromatic heterocycles. The minimum absolute atomic E-state index is 0.185. The van der Waals surface area contributed by atoms with Crippen LogP contribution in [-0.4, -0.2) is 33.9 Å². The quantitative estimate of drug-likeness (QED) is 0.718. The lowest BCUT2D eigenvalue weighted by atomic mass is 10.3. The van der Waals surface area contributed by atoms with Crippen LogP contribution in [0.4, 0.5) is 5.69 Å². The van der Waals surface area contributed by atoms with Crippen LogP contribution in [0, 0.1) is 0 Å². The molecule has 0 saturated carbocycles. The number of anilines is 1. The third-order valence-corrected chi connectivity index (χ3v) is 4.05. The highest BCUT2D eigenvalue weighted by atomic mass is 35.5. The number of amides is 1. The van der Waals surface area contributed by atoms with Crippen molar-refractivity contribution in [1.29, 1.82) is 0 Å². The van der Waals surface area contributed by atoms with E-state index in [0.717, 1.165) is 4.90 Å². The minimum Gasteiger partial charge on any atom is -0.385 e. The molecule has 2 aromatic carbocycles. The Bertz CT molecular complexity index is 835. The van der Waals surface area contributed by atoms with E-state index in [0.29, 0.717) is 21.7 Å². The summed E-state index contributed by atoms with van der Waals surface area (Å²) < 4.78 is 0. The van der Waals surface area contributed by atoms with Crippen LogP contribution in [0.1, 0.15) is 0 Å². The van der Waals surface area contributed by atoms with Crippen molar-refractivity contribution in [3.8, 4) is 0 Å². The van der Waals surface area contributed by atoms with Crippen molar-refractivity contribution < 1.29 is 9.63 Å². The van der Waals surface area contributed by atoms with Crippen LogP contribution in [0.2, 0.25) is 5.02 Å². The molecule has 0 radical (unpaired) electrons. The number of carbonyl (C=O) groups is 1. The van der Waals surface area contributed by atoms with Gasteiger partial charge in [-0.05, 0) is 53.9 Å². The summed E-state index contributed by atoms with van der Waals surface area (Å²) in [5, 5.41) is 11.1. The second-order valence-corrected chi connectivity index (χ2v) is 5.96. The molecular weight excluding hydrogens is 336 g/mol. The Kier molecular flexibility index (Phi) is 4.68. The first kappa shape index (κ1) is 15.6. The molecule has 3 rings (SSSR count). The summed E-state index contributed by atoms with van der Waals surface area (Å²) in [6.45, 7) is -0.185. The molecular formula is C15H13ClN4O2S. The van der Waals surface area contributed by atoms with Gasteiger partial charge in [0.2, 0.25) is 0 Å². The van der Waals surface area contributed by atoms with Gasteiger partial charge in [0.25, 0.3) is 5.91 Å². The number of halogens is 1. The molecule has 6 nitrogen and oxygen atoms in total. The Balaban J connectivity index is 1.62. The van der Waals surface area contributed by atoms with Crippen LogP contribution >= 0.6 is 23.4 Å². The molecule has 0 unspecified atom stereocenters. The second-order valence-electron chi connectivity index (χ2n) is 4.65. The van der Waals surface area contributed by atoms with Crippen molar-refractivity contribution in [2.75, 3.05) is 18.2 Å². The van der Waals surface area contributed by atoms with E-state index >= 15 is 0 Å². The summed E-state index contributed by atoms with van der Waals surface area (Å²) in [6.07, 6.45) is 2.00. The summed E-state index contributed by atoms with van der Waals surface area (Å²) in [5.41, 5.74) is 1.96. The molecule has 0 atom stereocenters. The number of thioether (sulfide) groups is 1. The topological polar surface area (TPSA) is 69.0 Å². The molecule has 0 aliphatic carbocycles. The average Bonchev–Trinajstić information content (AvgIpc) is 2.96. The number of fused-ring (bicyclic) bond motifs is 1. The smallest absolute Gasteiger partial charge is 0.265 e. The SMILES string of the molecule is CSc1ccc(NC(=O)COn2nnc3ccc(Cl)cc32)cc1. The molecule has 1 amide bonds. The highest BCUT2D eigenvalue weighted by molar-refractivity contribution is 7.98. The van der Waals surface area contributed by atoms with Crippen LogP contribution in [0.3, 0.4) is 0 Å². The fourth-order valence-corrected chi connectivity index (χ4v) is 2.53. The number of aromatic nitrogens is 3. The van der Waals surface area contributed by atoms with Crippen LogP contribution in [0.25, 0.3) is 11.0 Å². The van der Waals surface area contributed by atoms with Crippen LogP contribution in [0.15, 0.2) is 47.4 Å². The fourth-order valence-electron chi connectivity index (χ4n) is 1.96. The van der Waals surface area contributed by atoms with Gasteiger partial charge in [0, 0.05) is 15.6 Å². The zero-order valence-electron chi connectivity index (χ0n) is 12.2. The van der Waals surface area contributed by atoms with Crippen molar-refractivity contribution in [3.63, 3.8) is 0 Å². The van der Waals surface area contributed by atoms with Crippen molar-refractivity contribution in [1.82, 2.24) is 15.2 Å². The molecule has 3 aromatic rings. The predicted octanol–water partition coefficient (Wildman–Crippen LogP) is 2.87. The Morgan fingerprint density at radius 2 is 2.09 bits per heavy atom. The van der Waals surface area contributed by atoms with E-state index in [2.05, 4.69) is 15.6 Å². The number of nitrogens with one attached hydrogen (secondary N) is 1. The first-order valence-electron chi connectivity index (χ1n) is 6.74. The molecule has 0 saturated heterocycles. The van der Waals surface area contributed by atoms with Gasteiger partial charge < -0.3 is 10.2 Å². The molecule has 0 aliphatic heterocycles. The van der Waals surface area contributed by atoms with Crippen molar-refractivity contribution in [2.45, 2.75) is 4.90 Å². The molecule has 23 heavy (non-hydrogen) atoms. The average molecular weight is 349 g/mol. The number of carbonyl (C=O) groups excluding carboxylic acids is 1. The second kappa shape index (κ2) is 6.89. The summed E-state index contributed by atoms with van der Waals surface area (Å²) in [7, 11) is 0. The zero-order chi connectivity index (χ0) is 16.2. The van der Waals surface area contributed by atoms with Crippen molar-refractivity contribution in [3.05, 3.63) is 47.5 Å². The first-order valence-corrected chi connectivity index (χ1v) is 8.34. The summed E-state index contributed by atoms with van der Waals surface area (Å²) in [5.74, 6) is -0.285. The van der Waals surface area contributed by atoms with Gasteiger partial charge >= 0.3 is 0 Å². The van der Waals surface area contributed by atoms with Crippen LogP contribution in [0.5, 0.6) is 0 Å². The Hall–Kier alpha value is -2.25. The zero-order valence-corrected chi connectivity index (χ0v) is 13.8. The first-order chi connectivity index (χ1) is 11.2. The van der Waals surface area contributed by atoms with Crippen LogP contribution in [-0.2, 0) is 4.79 Å². The molecule has 0 fully saturated rings. The van der Waals surface area contributed by atoms with E-state index in [1.807, 2.05) is 30.5 Å². The van der Waals surface area contributed by atoms with Gasteiger partial charge in [0.05, 0.1) is 0 Å². The minimum atomic E-state index is -0.285. The standard InChI is InChI=1S/C15H13ClN4O2S/c1-23-12-5-3-11(4-6-12)17-15(21)9-22-20-14-8-10(16)2-7-13(14)18-19-20/h2-8H,9H2,1H3,(H,17,21). The lowest BCUT2D eigenvalue weighted by Gasteiger charge is -2.07.